The maximum Gasteiger partial charge on any atom is 0.326 e. The highest BCUT2D eigenvalue weighted by atomic mass is 16.5. The van der Waals surface area contributed by atoms with Crippen LogP contribution in [0.15, 0.2) is 0 Å². The number of carboxylic acids is 1. The molecule has 0 aromatic carbocycles. The van der Waals surface area contributed by atoms with Gasteiger partial charge >= 0.3 is 5.97 Å². The number of methoxy groups -OCH3 is 1. The number of rotatable bonds is 7. The molecule has 6 heteroatoms. The number of hydrogen-bond acceptors (Lipinski definition) is 4. The van der Waals surface area contributed by atoms with E-state index in [1.807, 2.05) is 0 Å². The van der Waals surface area contributed by atoms with Crippen molar-refractivity contribution in [2.75, 3.05) is 20.3 Å². The van der Waals surface area contributed by atoms with Gasteiger partial charge in [0.15, 0.2) is 0 Å². The highest BCUT2D eigenvalue weighted by Gasteiger charge is 2.23. The van der Waals surface area contributed by atoms with Crippen LogP contribution in [0.5, 0.6) is 0 Å². The van der Waals surface area contributed by atoms with Gasteiger partial charge in [0.2, 0.25) is 5.91 Å². The van der Waals surface area contributed by atoms with Crippen LogP contribution in [0.25, 0.3) is 0 Å². The third-order valence-electron chi connectivity index (χ3n) is 2.68. The first-order valence-electron chi connectivity index (χ1n) is 5.76. The van der Waals surface area contributed by atoms with E-state index in [1.165, 1.54) is 7.11 Å². The van der Waals surface area contributed by atoms with E-state index in [-0.39, 0.29) is 24.9 Å². The summed E-state index contributed by atoms with van der Waals surface area (Å²) < 4.78 is 10.1. The summed E-state index contributed by atoms with van der Waals surface area (Å²) in [4.78, 5) is 22.5. The molecule has 1 fully saturated rings. The Labute approximate surface area is 100 Å². The van der Waals surface area contributed by atoms with Crippen LogP contribution in [0.3, 0.4) is 0 Å². The van der Waals surface area contributed by atoms with Gasteiger partial charge in [-0.25, -0.2) is 4.79 Å². The first-order valence-corrected chi connectivity index (χ1v) is 5.76. The van der Waals surface area contributed by atoms with Crippen molar-refractivity contribution in [2.24, 2.45) is 0 Å². The number of amides is 1. The highest BCUT2D eigenvalue weighted by Crippen LogP contribution is 2.15. The Balaban J connectivity index is 2.32. The lowest BCUT2D eigenvalue weighted by Gasteiger charge is -2.15. The van der Waals surface area contributed by atoms with Gasteiger partial charge in [0.25, 0.3) is 0 Å². The molecule has 0 spiro atoms. The Bertz CT molecular complexity index is 263. The van der Waals surface area contributed by atoms with Crippen LogP contribution in [0.2, 0.25) is 0 Å². The average molecular weight is 245 g/mol. The fraction of sp³-hybridized carbons (Fsp3) is 0.818. The van der Waals surface area contributed by atoms with E-state index in [4.69, 9.17) is 14.6 Å². The molecule has 2 N–H and O–H groups in total. The lowest BCUT2D eigenvalue weighted by Crippen LogP contribution is -2.42. The quantitative estimate of drug-likeness (QED) is 0.667. The summed E-state index contributed by atoms with van der Waals surface area (Å²) in [6, 6.07) is -0.885. The van der Waals surface area contributed by atoms with Crippen LogP contribution >= 0.6 is 0 Å². The minimum absolute atomic E-state index is 0.0631. The lowest BCUT2D eigenvalue weighted by molar-refractivity contribution is -0.142. The Hall–Kier alpha value is -1.14. The smallest absolute Gasteiger partial charge is 0.326 e. The topological polar surface area (TPSA) is 84.9 Å². The van der Waals surface area contributed by atoms with Crippen molar-refractivity contribution >= 4 is 11.9 Å². The zero-order valence-corrected chi connectivity index (χ0v) is 9.98. The Morgan fingerprint density at radius 3 is 2.88 bits per heavy atom. The number of hydrogen-bond donors (Lipinski definition) is 2. The fourth-order valence-electron chi connectivity index (χ4n) is 1.76. The molecular formula is C11H19NO5. The summed E-state index contributed by atoms with van der Waals surface area (Å²) in [5.41, 5.74) is 0. The van der Waals surface area contributed by atoms with Gasteiger partial charge in [-0.1, -0.05) is 0 Å². The molecule has 17 heavy (non-hydrogen) atoms. The van der Waals surface area contributed by atoms with E-state index >= 15 is 0 Å². The maximum atomic E-state index is 11.6. The van der Waals surface area contributed by atoms with E-state index in [9.17, 15) is 9.59 Å². The van der Waals surface area contributed by atoms with Crippen LogP contribution in [0.4, 0.5) is 0 Å². The molecule has 1 aliphatic heterocycles. The molecule has 1 amide bonds. The molecule has 1 rings (SSSR count). The first kappa shape index (κ1) is 13.9. The predicted molar refractivity (Wildman–Crippen MR) is 59.7 cm³/mol. The van der Waals surface area contributed by atoms with Crippen LogP contribution in [-0.2, 0) is 19.1 Å². The predicted octanol–water partition coefficient (Wildman–Crippen LogP) is 0.161. The molecule has 2 atom stereocenters. The van der Waals surface area contributed by atoms with E-state index in [0.717, 1.165) is 12.8 Å². The SMILES string of the molecule is COCCC(NC(=O)CC1CCCO1)C(=O)O. The monoisotopic (exact) mass is 245 g/mol. The molecule has 0 aromatic heterocycles. The minimum Gasteiger partial charge on any atom is -0.480 e. The first-order chi connectivity index (χ1) is 8.13. The van der Waals surface area contributed by atoms with Gasteiger partial charge in [-0.3, -0.25) is 4.79 Å². The zero-order valence-electron chi connectivity index (χ0n) is 9.98. The van der Waals surface area contributed by atoms with Crippen molar-refractivity contribution in [1.82, 2.24) is 5.32 Å². The van der Waals surface area contributed by atoms with E-state index in [1.54, 1.807) is 0 Å². The maximum absolute atomic E-state index is 11.6. The Morgan fingerprint density at radius 2 is 2.35 bits per heavy atom. The number of aliphatic carboxylic acids is 1. The summed E-state index contributed by atoms with van der Waals surface area (Å²) >= 11 is 0. The molecule has 0 saturated carbocycles. The van der Waals surface area contributed by atoms with Crippen molar-refractivity contribution in [3.63, 3.8) is 0 Å². The van der Waals surface area contributed by atoms with Crippen molar-refractivity contribution in [1.29, 1.82) is 0 Å². The molecule has 2 unspecified atom stereocenters. The number of carbonyl (C=O) groups is 2. The molecular weight excluding hydrogens is 226 g/mol. The van der Waals surface area contributed by atoms with Crippen molar-refractivity contribution in [3.8, 4) is 0 Å². The van der Waals surface area contributed by atoms with E-state index in [2.05, 4.69) is 5.32 Å². The van der Waals surface area contributed by atoms with Crippen molar-refractivity contribution < 1.29 is 24.2 Å². The van der Waals surface area contributed by atoms with Gasteiger partial charge in [-0.05, 0) is 12.8 Å². The summed E-state index contributed by atoms with van der Waals surface area (Å²) in [6.07, 6.45) is 2.26. The molecule has 6 nitrogen and oxygen atoms in total. The second kappa shape index (κ2) is 7.24. The third-order valence-corrected chi connectivity index (χ3v) is 2.68. The van der Waals surface area contributed by atoms with Crippen LogP contribution in [0, 0.1) is 0 Å². The average Bonchev–Trinajstić information content (AvgIpc) is 2.76. The minimum atomic E-state index is -1.04. The largest absolute Gasteiger partial charge is 0.480 e. The van der Waals surface area contributed by atoms with Crippen LogP contribution in [0.1, 0.15) is 25.7 Å². The summed E-state index contributed by atoms with van der Waals surface area (Å²) in [5.74, 6) is -1.32. The van der Waals surface area contributed by atoms with Gasteiger partial charge in [-0.15, -0.1) is 0 Å². The number of nitrogens with one attached hydrogen (secondary N) is 1. The van der Waals surface area contributed by atoms with Crippen LogP contribution in [-0.4, -0.2) is 49.5 Å². The van der Waals surface area contributed by atoms with E-state index in [0.29, 0.717) is 13.2 Å². The van der Waals surface area contributed by atoms with E-state index < -0.39 is 12.0 Å². The van der Waals surface area contributed by atoms with Gasteiger partial charge in [-0.2, -0.15) is 0 Å². The number of carbonyl (C=O) groups excluding carboxylic acids is 1. The molecule has 0 radical (unpaired) electrons. The second-order valence-corrected chi connectivity index (χ2v) is 4.08. The number of carboxylic acid groups (broad SMARTS) is 1. The molecule has 0 aromatic rings. The fourth-order valence-corrected chi connectivity index (χ4v) is 1.76. The molecule has 1 aliphatic rings. The van der Waals surface area contributed by atoms with Crippen LogP contribution < -0.4 is 5.32 Å². The zero-order chi connectivity index (χ0) is 12.7. The molecule has 0 aliphatic carbocycles. The van der Waals surface area contributed by atoms with Crippen molar-refractivity contribution in [2.45, 2.75) is 37.8 Å². The molecule has 0 bridgehead atoms. The molecule has 1 heterocycles. The normalized spacial score (nSPS) is 21.1. The third kappa shape index (κ3) is 5.14. The molecule has 98 valence electrons. The molecule has 1 saturated heterocycles. The van der Waals surface area contributed by atoms with Gasteiger partial charge in [0.1, 0.15) is 6.04 Å². The Kier molecular flexibility index (Phi) is 5.93. The second-order valence-electron chi connectivity index (χ2n) is 4.08. The van der Waals surface area contributed by atoms with Gasteiger partial charge < -0.3 is 19.9 Å². The van der Waals surface area contributed by atoms with Gasteiger partial charge in [0, 0.05) is 26.7 Å². The van der Waals surface area contributed by atoms with Crippen molar-refractivity contribution in [3.05, 3.63) is 0 Å². The summed E-state index contributed by atoms with van der Waals surface area (Å²) in [6.45, 7) is 0.987. The lowest BCUT2D eigenvalue weighted by atomic mass is 10.1. The highest BCUT2D eigenvalue weighted by molar-refractivity contribution is 5.83. The summed E-state index contributed by atoms with van der Waals surface area (Å²) in [5, 5.41) is 11.4. The standard InChI is InChI=1S/C11H19NO5/c1-16-6-4-9(11(14)15)12-10(13)7-8-3-2-5-17-8/h8-9H,2-7H2,1H3,(H,12,13)(H,14,15). The number of ether oxygens (including phenoxy) is 2. The van der Waals surface area contributed by atoms with Gasteiger partial charge in [0.05, 0.1) is 12.5 Å². The Morgan fingerprint density at radius 1 is 1.59 bits per heavy atom. The summed E-state index contributed by atoms with van der Waals surface area (Å²) in [7, 11) is 1.49.